The number of ether oxygens (including phenoxy) is 1. The fraction of sp³-hybridized carbons (Fsp3) is 0.600. The highest BCUT2D eigenvalue weighted by atomic mass is 32.2. The van der Waals surface area contributed by atoms with Crippen LogP contribution in [-0.4, -0.2) is 21.8 Å². The van der Waals surface area contributed by atoms with Gasteiger partial charge in [-0.1, -0.05) is 26.8 Å². The molecular weight excluding hydrogens is 306 g/mol. The number of sulfonamides is 1. The quantitative estimate of drug-likeness (QED) is 0.830. The van der Waals surface area contributed by atoms with Gasteiger partial charge in [-0.3, -0.25) is 4.72 Å². The van der Waals surface area contributed by atoms with E-state index in [-0.39, 0.29) is 5.41 Å². The van der Waals surface area contributed by atoms with Gasteiger partial charge in [0.25, 0.3) is 0 Å². The summed E-state index contributed by atoms with van der Waals surface area (Å²) in [5, 5.41) is 0. The van der Waals surface area contributed by atoms with Crippen molar-refractivity contribution in [2.75, 3.05) is 18.1 Å². The SMILES string of the molecule is COc1c(NS(C)(=O)=O)cc(C(C)(C)C)cc1C(C)(C)S. The van der Waals surface area contributed by atoms with Crippen molar-refractivity contribution in [2.45, 2.75) is 44.8 Å². The molecule has 21 heavy (non-hydrogen) atoms. The first-order valence-corrected chi connectivity index (χ1v) is 9.03. The maximum absolute atomic E-state index is 11.6. The molecule has 0 aliphatic heterocycles. The summed E-state index contributed by atoms with van der Waals surface area (Å²) in [7, 11) is -1.86. The van der Waals surface area contributed by atoms with Crippen molar-refractivity contribution in [1.82, 2.24) is 0 Å². The highest BCUT2D eigenvalue weighted by Crippen LogP contribution is 2.42. The number of anilines is 1. The molecule has 4 nitrogen and oxygen atoms in total. The highest BCUT2D eigenvalue weighted by molar-refractivity contribution is 7.92. The molecule has 0 unspecified atom stereocenters. The molecule has 0 fully saturated rings. The topological polar surface area (TPSA) is 55.4 Å². The van der Waals surface area contributed by atoms with E-state index in [4.69, 9.17) is 4.74 Å². The van der Waals surface area contributed by atoms with Crippen LogP contribution in [0.15, 0.2) is 12.1 Å². The minimum atomic E-state index is -3.39. The van der Waals surface area contributed by atoms with Crippen LogP contribution in [0.4, 0.5) is 5.69 Å². The third kappa shape index (κ3) is 4.81. The molecule has 1 rings (SSSR count). The fourth-order valence-electron chi connectivity index (χ4n) is 2.01. The van der Waals surface area contributed by atoms with Gasteiger partial charge in [0.2, 0.25) is 10.0 Å². The Balaban J connectivity index is 3.68. The van der Waals surface area contributed by atoms with Gasteiger partial charge in [0, 0.05) is 10.3 Å². The lowest BCUT2D eigenvalue weighted by Crippen LogP contribution is -2.19. The van der Waals surface area contributed by atoms with Crippen molar-refractivity contribution in [1.29, 1.82) is 0 Å². The minimum Gasteiger partial charge on any atom is -0.494 e. The molecule has 0 saturated carbocycles. The minimum absolute atomic E-state index is 0.117. The Morgan fingerprint density at radius 1 is 1.14 bits per heavy atom. The molecular formula is C15H25NO3S2. The number of hydrogen-bond acceptors (Lipinski definition) is 4. The third-order valence-corrected chi connectivity index (χ3v) is 3.95. The van der Waals surface area contributed by atoms with Crippen LogP contribution in [0.1, 0.15) is 45.7 Å². The zero-order chi connectivity index (χ0) is 16.6. The fourth-order valence-corrected chi connectivity index (χ4v) is 2.73. The second kappa shape index (κ2) is 5.72. The molecule has 0 amide bonds. The lowest BCUT2D eigenvalue weighted by molar-refractivity contribution is 0.407. The summed E-state index contributed by atoms with van der Waals surface area (Å²) in [5.74, 6) is 0.508. The van der Waals surface area contributed by atoms with Crippen molar-refractivity contribution < 1.29 is 13.2 Å². The average molecular weight is 332 g/mol. The van der Waals surface area contributed by atoms with E-state index < -0.39 is 14.8 Å². The van der Waals surface area contributed by atoms with Crippen LogP contribution in [0.25, 0.3) is 0 Å². The van der Waals surface area contributed by atoms with Crippen molar-refractivity contribution in [2.24, 2.45) is 0 Å². The van der Waals surface area contributed by atoms with Crippen molar-refractivity contribution in [3.63, 3.8) is 0 Å². The van der Waals surface area contributed by atoms with Gasteiger partial charge in [-0.15, -0.1) is 0 Å². The van der Waals surface area contributed by atoms with E-state index in [1.807, 2.05) is 26.0 Å². The Hall–Kier alpha value is -0.880. The molecule has 0 radical (unpaired) electrons. The maximum atomic E-state index is 11.6. The molecule has 0 atom stereocenters. The first kappa shape index (κ1) is 18.2. The molecule has 6 heteroatoms. The number of thiol groups is 1. The lowest BCUT2D eigenvalue weighted by Gasteiger charge is -2.28. The second-order valence-electron chi connectivity index (χ2n) is 6.79. The molecule has 0 heterocycles. The summed E-state index contributed by atoms with van der Waals surface area (Å²) in [5.41, 5.74) is 2.21. The van der Waals surface area contributed by atoms with Gasteiger partial charge in [-0.2, -0.15) is 12.6 Å². The molecule has 0 aliphatic carbocycles. The first-order valence-electron chi connectivity index (χ1n) is 6.69. The van der Waals surface area contributed by atoms with Gasteiger partial charge in [0.1, 0.15) is 5.75 Å². The summed E-state index contributed by atoms with van der Waals surface area (Å²) in [6, 6.07) is 3.85. The Morgan fingerprint density at radius 3 is 2.00 bits per heavy atom. The van der Waals surface area contributed by atoms with Crippen LogP contribution in [0.5, 0.6) is 5.75 Å². The van der Waals surface area contributed by atoms with Crippen LogP contribution in [-0.2, 0) is 20.2 Å². The summed E-state index contributed by atoms with van der Waals surface area (Å²) < 4.78 is 30.7. The smallest absolute Gasteiger partial charge is 0.229 e. The second-order valence-corrected chi connectivity index (χ2v) is 9.65. The Morgan fingerprint density at radius 2 is 1.67 bits per heavy atom. The van der Waals surface area contributed by atoms with E-state index in [0.717, 1.165) is 17.4 Å². The maximum Gasteiger partial charge on any atom is 0.229 e. The summed E-state index contributed by atoms with van der Waals surface area (Å²) in [4.78, 5) is 0. The molecule has 120 valence electrons. The predicted octanol–water partition coefficient (Wildman–Crippen LogP) is 3.53. The molecule has 0 saturated heterocycles. The number of hydrogen-bond donors (Lipinski definition) is 2. The van der Waals surface area contributed by atoms with Crippen LogP contribution in [0.2, 0.25) is 0 Å². The number of rotatable bonds is 4. The van der Waals surface area contributed by atoms with Gasteiger partial charge in [-0.25, -0.2) is 8.42 Å². The lowest BCUT2D eigenvalue weighted by atomic mass is 9.84. The highest BCUT2D eigenvalue weighted by Gasteiger charge is 2.27. The molecule has 1 N–H and O–H groups in total. The molecule has 0 aliphatic rings. The largest absolute Gasteiger partial charge is 0.494 e. The summed E-state index contributed by atoms with van der Waals surface area (Å²) >= 11 is 4.61. The monoisotopic (exact) mass is 331 g/mol. The summed E-state index contributed by atoms with van der Waals surface area (Å²) in [6.07, 6.45) is 1.13. The molecule has 1 aromatic carbocycles. The molecule has 0 bridgehead atoms. The van der Waals surface area contributed by atoms with E-state index in [1.54, 1.807) is 0 Å². The van der Waals surface area contributed by atoms with Gasteiger partial charge in [-0.05, 0) is 30.9 Å². The van der Waals surface area contributed by atoms with Crippen LogP contribution >= 0.6 is 12.6 Å². The molecule has 1 aromatic rings. The van der Waals surface area contributed by atoms with E-state index in [9.17, 15) is 8.42 Å². The van der Waals surface area contributed by atoms with Crippen LogP contribution in [0.3, 0.4) is 0 Å². The number of nitrogens with one attached hydrogen (secondary N) is 1. The average Bonchev–Trinajstić information content (AvgIpc) is 2.23. The first-order chi connectivity index (χ1) is 9.25. The van der Waals surface area contributed by atoms with Crippen molar-refractivity contribution in [3.05, 3.63) is 23.3 Å². The predicted molar refractivity (Wildman–Crippen MR) is 92.2 cm³/mol. The molecule has 0 aromatic heterocycles. The zero-order valence-corrected chi connectivity index (χ0v) is 15.4. The zero-order valence-electron chi connectivity index (χ0n) is 13.7. The Labute approximate surface area is 133 Å². The van der Waals surface area contributed by atoms with Crippen LogP contribution < -0.4 is 9.46 Å². The van der Waals surface area contributed by atoms with E-state index in [2.05, 4.69) is 38.1 Å². The molecule has 0 spiro atoms. The number of benzene rings is 1. The van der Waals surface area contributed by atoms with Gasteiger partial charge >= 0.3 is 0 Å². The van der Waals surface area contributed by atoms with Crippen molar-refractivity contribution in [3.8, 4) is 5.75 Å². The normalized spacial score (nSPS) is 13.1. The van der Waals surface area contributed by atoms with Gasteiger partial charge in [0.05, 0.1) is 19.1 Å². The summed E-state index contributed by atoms with van der Waals surface area (Å²) in [6.45, 7) is 10.1. The van der Waals surface area contributed by atoms with E-state index in [0.29, 0.717) is 11.4 Å². The van der Waals surface area contributed by atoms with E-state index >= 15 is 0 Å². The van der Waals surface area contributed by atoms with Crippen molar-refractivity contribution >= 4 is 28.3 Å². The van der Waals surface area contributed by atoms with Gasteiger partial charge in [0.15, 0.2) is 0 Å². The third-order valence-electron chi connectivity index (χ3n) is 3.11. The van der Waals surface area contributed by atoms with E-state index in [1.165, 1.54) is 7.11 Å². The van der Waals surface area contributed by atoms with Crippen LogP contribution in [0, 0.1) is 0 Å². The Kier molecular flexibility index (Phi) is 4.95. The Bertz CT molecular complexity index is 624. The standard InChI is InChI=1S/C15H25NO3S2/c1-14(2,3)10-8-11(15(4,5)20)13(19-6)12(9-10)16-21(7,17)18/h8-9,16,20H,1-7H3. The van der Waals surface area contributed by atoms with Gasteiger partial charge < -0.3 is 4.74 Å². The number of methoxy groups -OCH3 is 1.